The number of nitrogens with one attached hydrogen (secondary N) is 1. The number of aryl methyl sites for hydroxylation is 2. The number of hydrogen-bond acceptors (Lipinski definition) is 3. The van der Waals surface area contributed by atoms with E-state index >= 15 is 0 Å². The fraction of sp³-hybridized carbons (Fsp3) is 0.692. The predicted molar refractivity (Wildman–Crippen MR) is 69.3 cm³/mol. The van der Waals surface area contributed by atoms with Gasteiger partial charge < -0.3 is 10.1 Å². The summed E-state index contributed by atoms with van der Waals surface area (Å²) < 4.78 is 5.32. The zero-order valence-corrected chi connectivity index (χ0v) is 11.0. The Bertz CT molecular complexity index is 313. The highest BCUT2D eigenvalue weighted by Crippen LogP contribution is 2.33. The van der Waals surface area contributed by atoms with Gasteiger partial charge in [0.15, 0.2) is 0 Å². The first kappa shape index (κ1) is 12.1. The van der Waals surface area contributed by atoms with Gasteiger partial charge in [0.2, 0.25) is 0 Å². The maximum absolute atomic E-state index is 5.32. The van der Waals surface area contributed by atoms with E-state index in [0.29, 0.717) is 6.04 Å². The molecule has 0 spiro atoms. The summed E-state index contributed by atoms with van der Waals surface area (Å²) in [5.74, 6) is 0. The lowest BCUT2D eigenvalue weighted by Gasteiger charge is -2.11. The Balaban J connectivity index is 1.81. The molecule has 2 rings (SSSR count). The zero-order chi connectivity index (χ0) is 11.4. The van der Waals surface area contributed by atoms with Gasteiger partial charge in [-0.25, -0.2) is 0 Å². The van der Waals surface area contributed by atoms with Crippen molar-refractivity contribution in [2.24, 2.45) is 0 Å². The summed E-state index contributed by atoms with van der Waals surface area (Å²) in [5.41, 5.74) is 1.60. The van der Waals surface area contributed by atoms with E-state index in [0.717, 1.165) is 19.8 Å². The molecular weight excluding hydrogens is 218 g/mol. The molecule has 2 nitrogen and oxygen atoms in total. The van der Waals surface area contributed by atoms with Crippen molar-refractivity contribution >= 4 is 11.3 Å². The van der Waals surface area contributed by atoms with E-state index in [1.54, 1.807) is 10.4 Å². The summed E-state index contributed by atoms with van der Waals surface area (Å²) in [6.45, 7) is 6.84. The van der Waals surface area contributed by atoms with E-state index in [1.165, 1.54) is 24.1 Å². The zero-order valence-electron chi connectivity index (χ0n) is 10.2. The SMILES string of the molecule is CCOCCNC(C)c1cc2c(s1)CCC2. The van der Waals surface area contributed by atoms with Gasteiger partial charge in [-0.1, -0.05) is 0 Å². The maximum atomic E-state index is 5.32. The van der Waals surface area contributed by atoms with Gasteiger partial charge in [0.05, 0.1) is 6.61 Å². The second-order valence-corrected chi connectivity index (χ2v) is 5.49. The standard InChI is InChI=1S/C13H21NOS/c1-3-15-8-7-14-10(2)13-9-11-5-4-6-12(11)16-13/h9-10,14H,3-8H2,1-2H3. The molecule has 1 heterocycles. The van der Waals surface area contributed by atoms with Crippen LogP contribution >= 0.6 is 11.3 Å². The van der Waals surface area contributed by atoms with Crippen molar-refractivity contribution in [3.63, 3.8) is 0 Å². The molecule has 1 aromatic rings. The summed E-state index contributed by atoms with van der Waals surface area (Å²) >= 11 is 1.99. The van der Waals surface area contributed by atoms with Gasteiger partial charge in [0.1, 0.15) is 0 Å². The predicted octanol–water partition coefficient (Wildman–Crippen LogP) is 2.92. The van der Waals surface area contributed by atoms with Gasteiger partial charge in [0.25, 0.3) is 0 Å². The highest BCUT2D eigenvalue weighted by Gasteiger charge is 2.17. The number of ether oxygens (including phenoxy) is 1. The molecule has 0 bridgehead atoms. The Morgan fingerprint density at radius 2 is 2.38 bits per heavy atom. The number of hydrogen-bond donors (Lipinski definition) is 1. The molecule has 1 atom stereocenters. The molecule has 1 unspecified atom stereocenters. The maximum Gasteiger partial charge on any atom is 0.0590 e. The van der Waals surface area contributed by atoms with Crippen molar-refractivity contribution < 1.29 is 4.74 Å². The first-order valence-corrected chi connectivity index (χ1v) is 7.05. The van der Waals surface area contributed by atoms with Crippen LogP contribution in [0.3, 0.4) is 0 Å². The third-order valence-corrected chi connectivity index (χ3v) is 4.51. The summed E-state index contributed by atoms with van der Waals surface area (Å²) in [6.07, 6.45) is 3.94. The average Bonchev–Trinajstić information content (AvgIpc) is 2.83. The molecule has 0 radical (unpaired) electrons. The van der Waals surface area contributed by atoms with Crippen molar-refractivity contribution in [3.05, 3.63) is 21.4 Å². The normalized spacial score (nSPS) is 16.4. The van der Waals surface area contributed by atoms with E-state index in [2.05, 4.69) is 18.3 Å². The van der Waals surface area contributed by atoms with Crippen LogP contribution in [0.4, 0.5) is 0 Å². The smallest absolute Gasteiger partial charge is 0.0590 e. The largest absolute Gasteiger partial charge is 0.380 e. The first-order chi connectivity index (χ1) is 7.81. The fourth-order valence-electron chi connectivity index (χ4n) is 2.16. The van der Waals surface area contributed by atoms with Crippen LogP contribution < -0.4 is 5.32 Å². The second kappa shape index (κ2) is 5.80. The molecule has 1 aliphatic carbocycles. The third kappa shape index (κ3) is 2.84. The van der Waals surface area contributed by atoms with Gasteiger partial charge >= 0.3 is 0 Å². The van der Waals surface area contributed by atoms with Crippen LogP contribution in [-0.2, 0) is 17.6 Å². The Kier molecular flexibility index (Phi) is 4.38. The van der Waals surface area contributed by atoms with Crippen molar-refractivity contribution in [1.29, 1.82) is 0 Å². The number of fused-ring (bicyclic) bond motifs is 1. The van der Waals surface area contributed by atoms with Crippen molar-refractivity contribution in [2.45, 2.75) is 39.2 Å². The van der Waals surface area contributed by atoms with E-state index in [-0.39, 0.29) is 0 Å². The van der Waals surface area contributed by atoms with E-state index in [1.807, 2.05) is 18.3 Å². The molecule has 0 saturated carbocycles. The van der Waals surface area contributed by atoms with Crippen LogP contribution in [0, 0.1) is 0 Å². The summed E-state index contributed by atoms with van der Waals surface area (Å²) in [7, 11) is 0. The molecule has 0 saturated heterocycles. The summed E-state index contributed by atoms with van der Waals surface area (Å²) in [4.78, 5) is 3.11. The Labute approximate surface area is 102 Å². The molecule has 16 heavy (non-hydrogen) atoms. The van der Waals surface area contributed by atoms with Crippen LogP contribution in [-0.4, -0.2) is 19.8 Å². The summed E-state index contributed by atoms with van der Waals surface area (Å²) in [6, 6.07) is 2.86. The van der Waals surface area contributed by atoms with Gasteiger partial charge in [-0.2, -0.15) is 0 Å². The van der Waals surface area contributed by atoms with E-state index < -0.39 is 0 Å². The minimum Gasteiger partial charge on any atom is -0.380 e. The van der Waals surface area contributed by atoms with Crippen LogP contribution in [0.1, 0.15) is 41.6 Å². The van der Waals surface area contributed by atoms with Crippen LogP contribution in [0.5, 0.6) is 0 Å². The van der Waals surface area contributed by atoms with Gasteiger partial charge in [0, 0.05) is 28.9 Å². The van der Waals surface area contributed by atoms with Crippen LogP contribution in [0.2, 0.25) is 0 Å². The lowest BCUT2D eigenvalue weighted by Crippen LogP contribution is -2.22. The minimum atomic E-state index is 0.469. The van der Waals surface area contributed by atoms with Gasteiger partial charge in [-0.15, -0.1) is 11.3 Å². The molecule has 90 valence electrons. The first-order valence-electron chi connectivity index (χ1n) is 6.24. The molecular formula is C13H21NOS. The average molecular weight is 239 g/mol. The molecule has 0 amide bonds. The van der Waals surface area contributed by atoms with Crippen molar-refractivity contribution in [3.8, 4) is 0 Å². The van der Waals surface area contributed by atoms with Gasteiger partial charge in [-0.3, -0.25) is 0 Å². The molecule has 1 N–H and O–H groups in total. The van der Waals surface area contributed by atoms with Gasteiger partial charge in [-0.05, 0) is 44.7 Å². The third-order valence-electron chi connectivity index (χ3n) is 3.09. The Hall–Kier alpha value is -0.380. The molecule has 1 aromatic heterocycles. The molecule has 0 fully saturated rings. The lowest BCUT2D eigenvalue weighted by molar-refractivity contribution is 0.147. The Morgan fingerprint density at radius 1 is 1.50 bits per heavy atom. The van der Waals surface area contributed by atoms with Crippen LogP contribution in [0.25, 0.3) is 0 Å². The number of thiophene rings is 1. The molecule has 0 aromatic carbocycles. The van der Waals surface area contributed by atoms with Crippen LogP contribution in [0.15, 0.2) is 6.07 Å². The quantitative estimate of drug-likeness (QED) is 0.771. The fourth-order valence-corrected chi connectivity index (χ4v) is 3.44. The molecule has 0 aliphatic heterocycles. The summed E-state index contributed by atoms with van der Waals surface area (Å²) in [5, 5.41) is 3.51. The van der Waals surface area contributed by atoms with E-state index in [9.17, 15) is 0 Å². The van der Waals surface area contributed by atoms with E-state index in [4.69, 9.17) is 4.74 Å². The molecule has 3 heteroatoms. The monoisotopic (exact) mass is 239 g/mol. The minimum absolute atomic E-state index is 0.469. The van der Waals surface area contributed by atoms with Crippen molar-refractivity contribution in [2.75, 3.05) is 19.8 Å². The molecule has 1 aliphatic rings. The highest BCUT2D eigenvalue weighted by atomic mass is 32.1. The second-order valence-electron chi connectivity index (χ2n) is 4.32. The number of rotatable bonds is 6. The Morgan fingerprint density at radius 3 is 3.12 bits per heavy atom. The topological polar surface area (TPSA) is 21.3 Å². The highest BCUT2D eigenvalue weighted by molar-refractivity contribution is 7.12. The van der Waals surface area contributed by atoms with Crippen molar-refractivity contribution in [1.82, 2.24) is 5.32 Å². The lowest BCUT2D eigenvalue weighted by atomic mass is 10.2.